The molecule has 27 heavy (non-hydrogen) atoms. The zero-order chi connectivity index (χ0) is 19.9. The molecule has 0 saturated carbocycles. The van der Waals surface area contributed by atoms with Crippen LogP contribution in [0, 0.1) is 0 Å². The Hall–Kier alpha value is -0.357. The third-order valence-electron chi connectivity index (χ3n) is 5.58. The second-order valence-electron chi connectivity index (χ2n) is 8.78. The first-order valence-corrected chi connectivity index (χ1v) is 17.6. The van der Waals surface area contributed by atoms with Gasteiger partial charge in [0, 0.05) is 0 Å². The first-order valence-electron chi connectivity index (χ1n) is 9.81. The number of hydrogen-bond donors (Lipinski definition) is 0. The van der Waals surface area contributed by atoms with Gasteiger partial charge in [0.15, 0.2) is 0 Å². The Labute approximate surface area is 179 Å². The van der Waals surface area contributed by atoms with Gasteiger partial charge in [0.05, 0.1) is 0 Å². The van der Waals surface area contributed by atoms with Crippen molar-refractivity contribution in [1.29, 1.82) is 0 Å². The van der Waals surface area contributed by atoms with Gasteiger partial charge in [0.1, 0.15) is 0 Å². The van der Waals surface area contributed by atoms with E-state index >= 15 is 0 Å². The minimum atomic E-state index is -2.46. The van der Waals surface area contributed by atoms with Crippen molar-refractivity contribution in [2.75, 3.05) is 0 Å². The average Bonchev–Trinajstić information content (AvgIpc) is 2.98. The summed E-state index contributed by atoms with van der Waals surface area (Å²) in [6.07, 6.45) is 3.41. The zero-order valence-corrected chi connectivity index (χ0v) is 21.1. The van der Waals surface area contributed by atoms with E-state index in [1.165, 1.54) is 39.0 Å². The molecule has 0 heterocycles. The first kappa shape index (κ1) is 21.4. The number of allylic oxidation sites excluding steroid dienone is 1. The van der Waals surface area contributed by atoms with Crippen LogP contribution in [-0.2, 0) is 24.8 Å². The third-order valence-corrected chi connectivity index (χ3v) is 10.9. The SMILES string of the molecule is CCC1=Cc2c(ccc(C(C)(C)C)c2-c2ccccc2C(C)C)[CH]1[Zr]([Cl])[Cl]. The number of benzene rings is 2. The van der Waals surface area contributed by atoms with E-state index in [9.17, 15) is 0 Å². The molecule has 0 bridgehead atoms. The third kappa shape index (κ3) is 4.03. The first-order chi connectivity index (χ1) is 12.7. The summed E-state index contributed by atoms with van der Waals surface area (Å²) in [6.45, 7) is 13.7. The molecule has 0 spiro atoms. The van der Waals surface area contributed by atoms with Crippen molar-refractivity contribution in [2.45, 2.75) is 62.9 Å². The molecule has 0 aliphatic heterocycles. The predicted octanol–water partition coefficient (Wildman–Crippen LogP) is 8.55. The average molecular weight is 480 g/mol. The van der Waals surface area contributed by atoms with Crippen molar-refractivity contribution in [2.24, 2.45) is 0 Å². The molecular formula is C24H29Cl2Zr. The number of fused-ring (bicyclic) bond motifs is 1. The fraction of sp³-hybridized carbons (Fsp3) is 0.417. The summed E-state index contributed by atoms with van der Waals surface area (Å²) in [7, 11) is 13.2. The van der Waals surface area contributed by atoms with Crippen LogP contribution in [0.2, 0.25) is 0 Å². The topological polar surface area (TPSA) is 0 Å². The quantitative estimate of drug-likeness (QED) is 0.412. The maximum atomic E-state index is 6.62. The van der Waals surface area contributed by atoms with Crippen LogP contribution in [0.1, 0.15) is 79.8 Å². The van der Waals surface area contributed by atoms with E-state index in [1.54, 1.807) is 0 Å². The van der Waals surface area contributed by atoms with Gasteiger partial charge in [-0.15, -0.1) is 0 Å². The van der Waals surface area contributed by atoms with Gasteiger partial charge in [-0.2, -0.15) is 0 Å². The molecule has 2 aromatic rings. The van der Waals surface area contributed by atoms with Crippen LogP contribution in [0.15, 0.2) is 42.0 Å². The molecule has 1 aliphatic carbocycles. The van der Waals surface area contributed by atoms with Crippen molar-refractivity contribution in [3.63, 3.8) is 0 Å². The fourth-order valence-corrected chi connectivity index (χ4v) is 9.86. The molecule has 1 unspecified atom stereocenters. The molecule has 0 aromatic heterocycles. The molecule has 0 saturated heterocycles. The number of halogens is 2. The van der Waals surface area contributed by atoms with Crippen LogP contribution in [0.25, 0.3) is 17.2 Å². The van der Waals surface area contributed by atoms with Gasteiger partial charge in [0.25, 0.3) is 0 Å². The molecule has 0 nitrogen and oxygen atoms in total. The van der Waals surface area contributed by atoms with Gasteiger partial charge >= 0.3 is 181 Å². The van der Waals surface area contributed by atoms with Crippen molar-refractivity contribution >= 4 is 23.1 Å². The van der Waals surface area contributed by atoms with Crippen molar-refractivity contribution in [3.05, 3.63) is 64.2 Å². The second kappa shape index (κ2) is 8.18. The number of hydrogen-bond acceptors (Lipinski definition) is 0. The van der Waals surface area contributed by atoms with Gasteiger partial charge < -0.3 is 0 Å². The van der Waals surface area contributed by atoms with Gasteiger partial charge in [0.2, 0.25) is 0 Å². The van der Waals surface area contributed by atoms with Crippen LogP contribution in [0.5, 0.6) is 0 Å². The summed E-state index contributed by atoms with van der Waals surface area (Å²) in [5.41, 5.74) is 9.74. The van der Waals surface area contributed by atoms with Crippen LogP contribution < -0.4 is 0 Å². The maximum absolute atomic E-state index is 6.62. The van der Waals surface area contributed by atoms with Crippen LogP contribution in [-0.4, -0.2) is 0 Å². The number of rotatable bonds is 4. The van der Waals surface area contributed by atoms with E-state index in [0.717, 1.165) is 6.42 Å². The normalized spacial score (nSPS) is 16.5. The Morgan fingerprint density at radius 1 is 1.04 bits per heavy atom. The summed E-state index contributed by atoms with van der Waals surface area (Å²) in [5, 5.41) is 0. The zero-order valence-electron chi connectivity index (χ0n) is 17.2. The molecule has 0 N–H and O–H groups in total. The molecule has 143 valence electrons. The Kier molecular flexibility index (Phi) is 6.47. The van der Waals surface area contributed by atoms with Crippen molar-refractivity contribution < 1.29 is 19.4 Å². The van der Waals surface area contributed by atoms with Gasteiger partial charge in [-0.25, -0.2) is 0 Å². The van der Waals surface area contributed by atoms with Crippen molar-refractivity contribution in [1.82, 2.24) is 0 Å². The molecule has 3 rings (SSSR count). The van der Waals surface area contributed by atoms with E-state index in [-0.39, 0.29) is 9.04 Å². The van der Waals surface area contributed by atoms with E-state index in [1.807, 2.05) is 0 Å². The Morgan fingerprint density at radius 2 is 1.70 bits per heavy atom. The van der Waals surface area contributed by atoms with Gasteiger partial charge in [-0.1, -0.05) is 0 Å². The molecule has 3 heteroatoms. The Balaban J connectivity index is 2.39. The van der Waals surface area contributed by atoms with E-state index in [0.29, 0.717) is 5.92 Å². The van der Waals surface area contributed by atoms with E-state index < -0.39 is 19.4 Å². The van der Waals surface area contributed by atoms with E-state index in [2.05, 4.69) is 84.0 Å². The van der Waals surface area contributed by atoms with Gasteiger partial charge in [-0.05, 0) is 0 Å². The predicted molar refractivity (Wildman–Crippen MR) is 117 cm³/mol. The molecule has 2 aromatic carbocycles. The summed E-state index contributed by atoms with van der Waals surface area (Å²) >= 11 is -2.46. The Bertz CT molecular complexity index is 872. The van der Waals surface area contributed by atoms with Crippen LogP contribution >= 0.6 is 17.0 Å². The van der Waals surface area contributed by atoms with Crippen LogP contribution in [0.3, 0.4) is 0 Å². The summed E-state index contributed by atoms with van der Waals surface area (Å²) in [5.74, 6) is 0.476. The molecule has 0 amide bonds. The van der Waals surface area contributed by atoms with E-state index in [4.69, 9.17) is 17.0 Å². The summed E-state index contributed by atoms with van der Waals surface area (Å²) in [6, 6.07) is 13.5. The molecule has 1 aliphatic rings. The summed E-state index contributed by atoms with van der Waals surface area (Å²) in [4.78, 5) is 0. The second-order valence-corrected chi connectivity index (χ2v) is 17.6. The molecular weight excluding hydrogens is 450 g/mol. The molecule has 0 fully saturated rings. The Morgan fingerprint density at radius 3 is 2.26 bits per heavy atom. The van der Waals surface area contributed by atoms with Crippen molar-refractivity contribution in [3.8, 4) is 11.1 Å². The monoisotopic (exact) mass is 477 g/mol. The summed E-state index contributed by atoms with van der Waals surface area (Å²) < 4.78 is 0.287. The van der Waals surface area contributed by atoms with Crippen LogP contribution in [0.4, 0.5) is 0 Å². The minimum absolute atomic E-state index is 0.0657. The molecule has 0 radical (unpaired) electrons. The fourth-order valence-electron chi connectivity index (χ4n) is 4.22. The van der Waals surface area contributed by atoms with Gasteiger partial charge in [-0.3, -0.25) is 0 Å². The molecule has 1 atom stereocenters. The standard InChI is InChI=1S/C24H29.2ClH.Zr/c1-7-17-14-18-12-13-22(24(4,5)6)23(21(18)15-17)20-11-9-8-10-19(20)16(2)3;;;/h8-16H,7H2,1-6H3;2*1H;/q;;;+2/p-2.